The van der Waals surface area contributed by atoms with Crippen molar-refractivity contribution in [3.05, 3.63) is 33.3 Å². The van der Waals surface area contributed by atoms with Gasteiger partial charge in [0.2, 0.25) is 10.0 Å². The molecule has 2 aliphatic rings. The lowest BCUT2D eigenvalue weighted by Crippen LogP contribution is -2.41. The van der Waals surface area contributed by atoms with E-state index in [1.165, 1.54) is 12.1 Å². The number of nitrogens with zero attached hydrogens (tertiary/aromatic N) is 1. The Kier molecular flexibility index (Phi) is 3.64. The Bertz CT molecular complexity index is 693. The Hall–Kier alpha value is -1.22. The maximum atomic E-state index is 12.3. The van der Waals surface area contributed by atoms with Gasteiger partial charge in [0, 0.05) is 6.07 Å². The van der Waals surface area contributed by atoms with E-state index in [2.05, 4.69) is 4.72 Å². The minimum absolute atomic E-state index is 0.0952. The average Bonchev–Trinajstić information content (AvgIpc) is 3.00. The Morgan fingerprint density at radius 1 is 1.38 bits per heavy atom. The molecule has 3 atom stereocenters. The molecule has 2 aliphatic heterocycles. The van der Waals surface area contributed by atoms with Crippen LogP contribution in [0.3, 0.4) is 0 Å². The lowest BCUT2D eigenvalue weighted by atomic mass is 9.96. The molecule has 1 aromatic rings. The number of halogens is 1. The van der Waals surface area contributed by atoms with Crippen LogP contribution in [-0.2, 0) is 14.8 Å². The van der Waals surface area contributed by atoms with Gasteiger partial charge < -0.3 is 4.74 Å². The van der Waals surface area contributed by atoms with Gasteiger partial charge in [-0.15, -0.1) is 0 Å². The molecule has 9 heteroatoms. The zero-order valence-corrected chi connectivity index (χ0v) is 12.4. The molecule has 2 heterocycles. The summed E-state index contributed by atoms with van der Waals surface area (Å²) in [5.74, 6) is 0. The van der Waals surface area contributed by atoms with Crippen molar-refractivity contribution in [1.29, 1.82) is 0 Å². The third-order valence-electron chi connectivity index (χ3n) is 3.84. The van der Waals surface area contributed by atoms with Gasteiger partial charge in [-0.2, -0.15) is 0 Å². The summed E-state index contributed by atoms with van der Waals surface area (Å²) in [6, 6.07) is 3.17. The van der Waals surface area contributed by atoms with E-state index in [-0.39, 0.29) is 28.2 Å². The fourth-order valence-corrected chi connectivity index (χ4v) is 4.31. The molecule has 1 N–H and O–H groups in total. The lowest BCUT2D eigenvalue weighted by Gasteiger charge is -2.19. The Morgan fingerprint density at radius 2 is 2.14 bits per heavy atom. The molecule has 3 rings (SSSR count). The highest BCUT2D eigenvalue weighted by Gasteiger charge is 2.42. The van der Waals surface area contributed by atoms with Crippen LogP contribution in [0.5, 0.6) is 0 Å². The number of fused-ring (bicyclic) bond motifs is 2. The van der Waals surface area contributed by atoms with Crippen LogP contribution in [0.1, 0.15) is 19.3 Å². The third-order valence-corrected chi connectivity index (χ3v) is 5.64. The highest BCUT2D eigenvalue weighted by molar-refractivity contribution is 7.89. The van der Waals surface area contributed by atoms with Crippen molar-refractivity contribution in [2.75, 3.05) is 0 Å². The summed E-state index contributed by atoms with van der Waals surface area (Å²) < 4.78 is 32.8. The molecule has 21 heavy (non-hydrogen) atoms. The van der Waals surface area contributed by atoms with E-state index in [0.29, 0.717) is 6.42 Å². The molecule has 2 bridgehead atoms. The van der Waals surface area contributed by atoms with Gasteiger partial charge in [0.15, 0.2) is 0 Å². The van der Waals surface area contributed by atoms with Crippen LogP contribution < -0.4 is 4.72 Å². The predicted octanol–water partition coefficient (Wildman–Crippen LogP) is 1.85. The summed E-state index contributed by atoms with van der Waals surface area (Å²) in [5.41, 5.74) is -0.427. The number of hydrogen-bond acceptors (Lipinski definition) is 5. The minimum Gasteiger partial charge on any atom is -0.373 e. The summed E-state index contributed by atoms with van der Waals surface area (Å²) in [6.07, 6.45) is 2.43. The van der Waals surface area contributed by atoms with Crippen molar-refractivity contribution >= 4 is 27.3 Å². The first-order valence-corrected chi connectivity index (χ1v) is 8.34. The lowest BCUT2D eigenvalue weighted by molar-refractivity contribution is -0.384. The summed E-state index contributed by atoms with van der Waals surface area (Å²) >= 11 is 5.69. The minimum atomic E-state index is -3.83. The Morgan fingerprint density at radius 3 is 2.71 bits per heavy atom. The van der Waals surface area contributed by atoms with Gasteiger partial charge in [0.1, 0.15) is 5.02 Å². The summed E-state index contributed by atoms with van der Waals surface area (Å²) in [7, 11) is -3.83. The zero-order valence-electron chi connectivity index (χ0n) is 10.9. The van der Waals surface area contributed by atoms with E-state index in [1.54, 1.807) is 0 Å². The number of sulfonamides is 1. The van der Waals surface area contributed by atoms with Gasteiger partial charge >= 0.3 is 0 Å². The molecule has 0 aromatic heterocycles. The van der Waals surface area contributed by atoms with Crippen molar-refractivity contribution in [3.8, 4) is 0 Å². The number of hydrogen-bond donors (Lipinski definition) is 1. The van der Waals surface area contributed by atoms with Crippen LogP contribution >= 0.6 is 11.6 Å². The molecular weight excluding hydrogens is 320 g/mol. The standard InChI is InChI=1S/C12H13ClN2O5S/c13-9-3-2-8(6-11(9)15(16)17)21(18,19)14-10-5-7-1-4-12(10)20-7/h2-3,6-7,10,12,14H,1,4-5H2. The Balaban J connectivity index is 1.85. The van der Waals surface area contributed by atoms with Gasteiger partial charge in [-0.3, -0.25) is 10.1 Å². The average molecular weight is 333 g/mol. The molecule has 0 radical (unpaired) electrons. The fraction of sp³-hybridized carbons (Fsp3) is 0.500. The van der Waals surface area contributed by atoms with Gasteiger partial charge in [0.25, 0.3) is 5.69 Å². The van der Waals surface area contributed by atoms with Crippen LogP contribution in [0, 0.1) is 10.1 Å². The molecular formula is C12H13ClN2O5S. The predicted molar refractivity (Wildman–Crippen MR) is 74.7 cm³/mol. The normalized spacial score (nSPS) is 28.0. The van der Waals surface area contributed by atoms with Crippen molar-refractivity contribution in [2.45, 2.75) is 42.4 Å². The molecule has 0 spiro atoms. The van der Waals surface area contributed by atoms with Crippen LogP contribution in [0.4, 0.5) is 5.69 Å². The van der Waals surface area contributed by atoms with E-state index in [1.807, 2.05) is 0 Å². The number of nitrogens with one attached hydrogen (secondary N) is 1. The summed E-state index contributed by atoms with van der Waals surface area (Å²) in [5, 5.41) is 10.7. The maximum absolute atomic E-state index is 12.3. The van der Waals surface area contributed by atoms with Crippen molar-refractivity contribution < 1.29 is 18.1 Å². The van der Waals surface area contributed by atoms with Crippen molar-refractivity contribution in [2.24, 2.45) is 0 Å². The second-order valence-corrected chi connectivity index (χ2v) is 7.33. The monoisotopic (exact) mass is 332 g/mol. The van der Waals surface area contributed by atoms with E-state index in [9.17, 15) is 18.5 Å². The van der Waals surface area contributed by atoms with E-state index >= 15 is 0 Å². The van der Waals surface area contributed by atoms with Crippen LogP contribution in [0.25, 0.3) is 0 Å². The number of nitro benzene ring substituents is 1. The van der Waals surface area contributed by atoms with Crippen LogP contribution in [0.15, 0.2) is 23.1 Å². The first kappa shape index (κ1) is 14.7. The number of benzene rings is 1. The zero-order chi connectivity index (χ0) is 15.2. The van der Waals surface area contributed by atoms with Gasteiger partial charge in [-0.25, -0.2) is 13.1 Å². The number of nitro groups is 1. The molecule has 2 fully saturated rings. The molecule has 0 aliphatic carbocycles. The van der Waals surface area contributed by atoms with Gasteiger partial charge in [-0.05, 0) is 31.4 Å². The topological polar surface area (TPSA) is 98.5 Å². The van der Waals surface area contributed by atoms with E-state index < -0.39 is 20.6 Å². The summed E-state index contributed by atoms with van der Waals surface area (Å²) in [6.45, 7) is 0. The molecule has 2 saturated heterocycles. The second-order valence-electron chi connectivity index (χ2n) is 5.21. The second kappa shape index (κ2) is 5.20. The first-order chi connectivity index (χ1) is 9.87. The Labute approximate surface area is 126 Å². The third kappa shape index (κ3) is 2.76. The van der Waals surface area contributed by atoms with Crippen molar-refractivity contribution in [3.63, 3.8) is 0 Å². The smallest absolute Gasteiger partial charge is 0.289 e. The molecule has 114 valence electrons. The van der Waals surface area contributed by atoms with Gasteiger partial charge in [0.05, 0.1) is 28.1 Å². The molecule has 0 saturated carbocycles. The maximum Gasteiger partial charge on any atom is 0.289 e. The molecule has 3 unspecified atom stereocenters. The number of rotatable bonds is 4. The fourth-order valence-electron chi connectivity index (χ4n) is 2.83. The van der Waals surface area contributed by atoms with E-state index in [0.717, 1.165) is 18.9 Å². The highest BCUT2D eigenvalue weighted by Crippen LogP contribution is 2.35. The largest absolute Gasteiger partial charge is 0.373 e. The summed E-state index contributed by atoms with van der Waals surface area (Å²) in [4.78, 5) is 9.96. The van der Waals surface area contributed by atoms with Gasteiger partial charge in [-0.1, -0.05) is 11.6 Å². The number of ether oxygens (including phenoxy) is 1. The highest BCUT2D eigenvalue weighted by atomic mass is 35.5. The van der Waals surface area contributed by atoms with Crippen LogP contribution in [-0.4, -0.2) is 31.6 Å². The van der Waals surface area contributed by atoms with E-state index in [4.69, 9.17) is 16.3 Å². The quantitative estimate of drug-likeness (QED) is 0.670. The van der Waals surface area contributed by atoms with Crippen LogP contribution in [0.2, 0.25) is 5.02 Å². The molecule has 7 nitrogen and oxygen atoms in total. The van der Waals surface area contributed by atoms with Crippen molar-refractivity contribution in [1.82, 2.24) is 4.72 Å². The molecule has 1 aromatic carbocycles. The SMILES string of the molecule is O=[N+]([O-])c1cc(S(=O)(=O)NC2CC3CCC2O3)ccc1Cl. The molecule has 0 amide bonds. The first-order valence-electron chi connectivity index (χ1n) is 6.48.